The highest BCUT2D eigenvalue weighted by Gasteiger charge is 2.13. The number of aromatic nitrogens is 1. The predicted molar refractivity (Wildman–Crippen MR) is 64.0 cm³/mol. The number of aromatic amines is 1. The summed E-state index contributed by atoms with van der Waals surface area (Å²) < 4.78 is 4.61. The minimum Gasteiger partial charge on any atom is -0.469 e. The van der Waals surface area contributed by atoms with E-state index in [1.165, 1.54) is 7.11 Å². The van der Waals surface area contributed by atoms with E-state index in [0.717, 1.165) is 16.5 Å². The highest BCUT2D eigenvalue weighted by Crippen LogP contribution is 2.32. The van der Waals surface area contributed by atoms with Crippen LogP contribution in [-0.2, 0) is 16.0 Å². The minimum absolute atomic E-state index is 0.177. The number of carbonyl (C=O) groups is 1. The van der Waals surface area contributed by atoms with Crippen molar-refractivity contribution < 1.29 is 9.53 Å². The van der Waals surface area contributed by atoms with E-state index in [1.54, 1.807) is 18.3 Å². The first-order valence-electron chi connectivity index (χ1n) is 4.64. The number of benzene rings is 1. The van der Waals surface area contributed by atoms with Crippen LogP contribution in [-0.4, -0.2) is 18.1 Å². The second kappa shape index (κ2) is 4.36. The Kier molecular flexibility index (Phi) is 3.08. The van der Waals surface area contributed by atoms with E-state index in [4.69, 9.17) is 23.2 Å². The number of esters is 1. The molecule has 0 aliphatic rings. The first-order valence-corrected chi connectivity index (χ1v) is 5.40. The van der Waals surface area contributed by atoms with E-state index in [1.807, 2.05) is 0 Å². The SMILES string of the molecule is COC(=O)Cc1c[nH]c2c(Cl)ccc(Cl)c12. The quantitative estimate of drug-likeness (QED) is 0.840. The summed E-state index contributed by atoms with van der Waals surface area (Å²) in [5, 5.41) is 1.93. The Hall–Kier alpha value is -1.19. The lowest BCUT2D eigenvalue weighted by atomic mass is 10.1. The summed E-state index contributed by atoms with van der Waals surface area (Å²) in [4.78, 5) is 14.2. The molecule has 1 heterocycles. The molecule has 5 heteroatoms. The van der Waals surface area contributed by atoms with Crippen LogP contribution in [0.25, 0.3) is 10.9 Å². The van der Waals surface area contributed by atoms with Gasteiger partial charge in [0.15, 0.2) is 0 Å². The molecule has 0 fully saturated rings. The van der Waals surface area contributed by atoms with Gasteiger partial charge in [0.2, 0.25) is 0 Å². The van der Waals surface area contributed by atoms with Gasteiger partial charge in [0, 0.05) is 11.6 Å². The molecule has 0 saturated carbocycles. The number of carbonyl (C=O) groups excluding carboxylic acids is 1. The van der Waals surface area contributed by atoms with Gasteiger partial charge in [-0.3, -0.25) is 4.79 Å². The normalized spacial score (nSPS) is 10.7. The van der Waals surface area contributed by atoms with Gasteiger partial charge in [0.25, 0.3) is 0 Å². The van der Waals surface area contributed by atoms with E-state index >= 15 is 0 Å². The number of hydrogen-bond acceptors (Lipinski definition) is 2. The van der Waals surface area contributed by atoms with E-state index in [2.05, 4.69) is 9.72 Å². The predicted octanol–water partition coefficient (Wildman–Crippen LogP) is 3.19. The maximum Gasteiger partial charge on any atom is 0.310 e. The Balaban J connectivity index is 2.55. The molecule has 2 aromatic rings. The first-order chi connectivity index (χ1) is 7.63. The summed E-state index contributed by atoms with van der Waals surface area (Å²) in [6, 6.07) is 3.42. The molecule has 3 nitrogen and oxygen atoms in total. The number of ether oxygens (including phenoxy) is 1. The summed E-state index contributed by atoms with van der Waals surface area (Å²) in [7, 11) is 1.35. The fourth-order valence-corrected chi connectivity index (χ4v) is 2.10. The smallest absolute Gasteiger partial charge is 0.310 e. The van der Waals surface area contributed by atoms with Crippen molar-refractivity contribution in [3.05, 3.63) is 33.9 Å². The first kappa shape index (κ1) is 11.3. The van der Waals surface area contributed by atoms with Gasteiger partial charge in [-0.2, -0.15) is 0 Å². The average Bonchev–Trinajstić information content (AvgIpc) is 2.68. The van der Waals surface area contributed by atoms with Crippen LogP contribution in [0.3, 0.4) is 0 Å². The van der Waals surface area contributed by atoms with Gasteiger partial charge >= 0.3 is 5.97 Å². The molecule has 16 heavy (non-hydrogen) atoms. The zero-order valence-electron chi connectivity index (χ0n) is 8.51. The van der Waals surface area contributed by atoms with Crippen LogP contribution in [0, 0.1) is 0 Å². The minimum atomic E-state index is -0.308. The van der Waals surface area contributed by atoms with Gasteiger partial charge in [-0.15, -0.1) is 0 Å². The van der Waals surface area contributed by atoms with Gasteiger partial charge in [0.1, 0.15) is 0 Å². The second-order valence-corrected chi connectivity index (χ2v) is 4.16. The molecule has 84 valence electrons. The Labute approximate surface area is 102 Å². The second-order valence-electron chi connectivity index (χ2n) is 3.35. The van der Waals surface area contributed by atoms with Crippen LogP contribution < -0.4 is 0 Å². The standard InChI is InChI=1S/C11H9Cl2NO2/c1-16-9(15)4-6-5-14-11-8(13)3-2-7(12)10(6)11/h2-3,5,14H,4H2,1H3. The number of methoxy groups -OCH3 is 1. The van der Waals surface area contributed by atoms with Crippen LogP contribution >= 0.6 is 23.2 Å². The van der Waals surface area contributed by atoms with Crippen molar-refractivity contribution >= 4 is 40.1 Å². The zero-order valence-corrected chi connectivity index (χ0v) is 10.0. The molecule has 1 N–H and O–H groups in total. The third-order valence-corrected chi connectivity index (χ3v) is 3.01. The fourth-order valence-electron chi connectivity index (χ4n) is 1.61. The number of H-pyrrole nitrogens is 1. The largest absolute Gasteiger partial charge is 0.469 e. The van der Waals surface area contributed by atoms with Crippen LogP contribution in [0.2, 0.25) is 10.0 Å². The third kappa shape index (κ3) is 1.88. The van der Waals surface area contributed by atoms with Gasteiger partial charge in [0.05, 0.1) is 29.1 Å². The molecular weight excluding hydrogens is 249 g/mol. The maximum absolute atomic E-state index is 11.2. The van der Waals surface area contributed by atoms with Gasteiger partial charge in [-0.25, -0.2) is 0 Å². The molecular formula is C11H9Cl2NO2. The van der Waals surface area contributed by atoms with E-state index in [0.29, 0.717) is 10.0 Å². The van der Waals surface area contributed by atoms with Crippen molar-refractivity contribution in [1.82, 2.24) is 4.98 Å². The number of fused-ring (bicyclic) bond motifs is 1. The Morgan fingerprint density at radius 2 is 2.06 bits per heavy atom. The van der Waals surface area contributed by atoms with Crippen molar-refractivity contribution in [2.45, 2.75) is 6.42 Å². The lowest BCUT2D eigenvalue weighted by Gasteiger charge is -2.01. The van der Waals surface area contributed by atoms with Crippen molar-refractivity contribution in [2.75, 3.05) is 7.11 Å². The third-order valence-electron chi connectivity index (χ3n) is 2.38. The zero-order chi connectivity index (χ0) is 11.7. The van der Waals surface area contributed by atoms with E-state index < -0.39 is 0 Å². The number of hydrogen-bond donors (Lipinski definition) is 1. The lowest BCUT2D eigenvalue weighted by Crippen LogP contribution is -2.03. The molecule has 0 aliphatic heterocycles. The van der Waals surface area contributed by atoms with Crippen molar-refractivity contribution in [3.8, 4) is 0 Å². The molecule has 0 aliphatic carbocycles. The van der Waals surface area contributed by atoms with Gasteiger partial charge in [-0.1, -0.05) is 23.2 Å². The fraction of sp³-hybridized carbons (Fsp3) is 0.182. The molecule has 0 amide bonds. The molecule has 0 bridgehead atoms. The summed E-state index contributed by atoms with van der Waals surface area (Å²) in [5.74, 6) is -0.308. The monoisotopic (exact) mass is 257 g/mol. The Morgan fingerprint density at radius 1 is 1.38 bits per heavy atom. The summed E-state index contributed by atoms with van der Waals surface area (Å²) in [6.07, 6.45) is 1.90. The molecule has 1 aromatic heterocycles. The van der Waals surface area contributed by atoms with Crippen LogP contribution in [0.1, 0.15) is 5.56 Å². The molecule has 2 rings (SSSR count). The van der Waals surface area contributed by atoms with Crippen molar-refractivity contribution in [1.29, 1.82) is 0 Å². The molecule has 1 aromatic carbocycles. The molecule has 0 spiro atoms. The van der Waals surface area contributed by atoms with Gasteiger partial charge < -0.3 is 9.72 Å². The molecule has 0 saturated heterocycles. The summed E-state index contributed by atoms with van der Waals surface area (Å²) >= 11 is 12.1. The number of nitrogens with one attached hydrogen (secondary N) is 1. The van der Waals surface area contributed by atoms with E-state index in [-0.39, 0.29) is 12.4 Å². The van der Waals surface area contributed by atoms with E-state index in [9.17, 15) is 4.79 Å². The Bertz CT molecular complexity index is 548. The Morgan fingerprint density at radius 3 is 2.75 bits per heavy atom. The maximum atomic E-state index is 11.2. The molecule has 0 unspecified atom stereocenters. The van der Waals surface area contributed by atoms with Crippen LogP contribution in [0.5, 0.6) is 0 Å². The average molecular weight is 258 g/mol. The number of halogens is 2. The highest BCUT2D eigenvalue weighted by atomic mass is 35.5. The topological polar surface area (TPSA) is 42.1 Å². The lowest BCUT2D eigenvalue weighted by molar-refractivity contribution is -0.139. The van der Waals surface area contributed by atoms with Gasteiger partial charge in [-0.05, 0) is 17.7 Å². The summed E-state index contributed by atoms with van der Waals surface area (Å²) in [6.45, 7) is 0. The van der Waals surface area contributed by atoms with Crippen LogP contribution in [0.15, 0.2) is 18.3 Å². The molecule has 0 atom stereocenters. The van der Waals surface area contributed by atoms with Crippen molar-refractivity contribution in [3.63, 3.8) is 0 Å². The highest BCUT2D eigenvalue weighted by molar-refractivity contribution is 6.40. The van der Waals surface area contributed by atoms with Crippen molar-refractivity contribution in [2.24, 2.45) is 0 Å². The number of rotatable bonds is 2. The summed E-state index contributed by atoms with van der Waals surface area (Å²) in [5.41, 5.74) is 1.53. The van der Waals surface area contributed by atoms with Crippen LogP contribution in [0.4, 0.5) is 0 Å². The molecule has 0 radical (unpaired) electrons.